The number of hydrogen-bond donors (Lipinski definition) is 1. The molecule has 0 spiro atoms. The molecule has 0 bridgehead atoms. The number of aromatic nitrogens is 1. The van der Waals surface area contributed by atoms with E-state index in [-0.39, 0.29) is 5.97 Å². The van der Waals surface area contributed by atoms with E-state index in [1.54, 1.807) is 24.5 Å². The van der Waals surface area contributed by atoms with Crippen LogP contribution in [0.3, 0.4) is 0 Å². The number of methoxy groups -OCH3 is 2. The summed E-state index contributed by atoms with van der Waals surface area (Å²) >= 11 is 1.79. The second-order valence-electron chi connectivity index (χ2n) is 5.90. The van der Waals surface area contributed by atoms with E-state index in [1.165, 1.54) is 24.1 Å². The summed E-state index contributed by atoms with van der Waals surface area (Å²) in [5.74, 6) is 0.155. The van der Waals surface area contributed by atoms with E-state index in [1.807, 2.05) is 12.1 Å². The maximum atomic E-state index is 11.7. The van der Waals surface area contributed by atoms with Crippen LogP contribution < -0.4 is 10.1 Å². The third-order valence-electron chi connectivity index (χ3n) is 4.28. The molecule has 0 unspecified atom stereocenters. The Balaban J connectivity index is 1.72. The van der Waals surface area contributed by atoms with Crippen molar-refractivity contribution >= 4 is 17.3 Å². The first-order chi connectivity index (χ1) is 11.6. The summed E-state index contributed by atoms with van der Waals surface area (Å²) in [6, 6.07) is 5.93. The minimum absolute atomic E-state index is 0.353. The zero-order valence-electron chi connectivity index (χ0n) is 14.2. The summed E-state index contributed by atoms with van der Waals surface area (Å²) < 4.78 is 10.1. The Bertz CT molecular complexity index is 742. The van der Waals surface area contributed by atoms with Gasteiger partial charge in [0.2, 0.25) is 0 Å². The number of ether oxygens (including phenoxy) is 2. The van der Waals surface area contributed by atoms with Gasteiger partial charge in [0.25, 0.3) is 0 Å². The topological polar surface area (TPSA) is 60.5 Å². The van der Waals surface area contributed by atoms with Gasteiger partial charge in [-0.05, 0) is 43.9 Å². The van der Waals surface area contributed by atoms with Crippen molar-refractivity contribution in [3.8, 4) is 5.75 Å². The van der Waals surface area contributed by atoms with Crippen LogP contribution >= 0.6 is 11.3 Å². The Morgan fingerprint density at radius 3 is 3.00 bits per heavy atom. The molecule has 1 aromatic heterocycles. The van der Waals surface area contributed by atoms with Gasteiger partial charge in [-0.2, -0.15) is 0 Å². The number of carbonyl (C=O) groups excluding carboxylic acids is 1. The van der Waals surface area contributed by atoms with E-state index in [0.717, 1.165) is 30.0 Å². The molecule has 0 radical (unpaired) electrons. The van der Waals surface area contributed by atoms with Crippen LogP contribution in [0.25, 0.3) is 0 Å². The largest absolute Gasteiger partial charge is 0.496 e. The Hall–Kier alpha value is -1.92. The first-order valence-corrected chi connectivity index (χ1v) is 8.89. The predicted molar refractivity (Wildman–Crippen MR) is 93.7 cm³/mol. The molecule has 0 aliphatic heterocycles. The van der Waals surface area contributed by atoms with Crippen LogP contribution in [0.2, 0.25) is 0 Å². The first-order valence-electron chi connectivity index (χ1n) is 8.07. The standard InChI is InChI=1S/C18H22N2O3S/c1-11-20-15-6-4-5-14(17(15)24-11)19-10-12-7-8-13(18(21)23-3)16(9-12)22-2/h7-9,14,19H,4-6,10H2,1-3H3/t14-/m0/s1. The van der Waals surface area contributed by atoms with Crippen molar-refractivity contribution in [2.24, 2.45) is 0 Å². The van der Waals surface area contributed by atoms with Crippen LogP contribution in [-0.4, -0.2) is 25.2 Å². The van der Waals surface area contributed by atoms with Gasteiger partial charge in [0.1, 0.15) is 11.3 Å². The highest BCUT2D eigenvalue weighted by Crippen LogP contribution is 2.34. The molecule has 0 saturated heterocycles. The summed E-state index contributed by atoms with van der Waals surface area (Å²) in [4.78, 5) is 17.7. The summed E-state index contributed by atoms with van der Waals surface area (Å²) in [6.45, 7) is 2.79. The minimum Gasteiger partial charge on any atom is -0.496 e. The molecule has 1 aromatic carbocycles. The second-order valence-corrected chi connectivity index (χ2v) is 7.13. The summed E-state index contributed by atoms with van der Waals surface area (Å²) in [6.07, 6.45) is 3.38. The monoisotopic (exact) mass is 346 g/mol. The zero-order valence-corrected chi connectivity index (χ0v) is 15.0. The molecule has 0 amide bonds. The molecule has 1 atom stereocenters. The van der Waals surface area contributed by atoms with Crippen molar-refractivity contribution in [3.05, 3.63) is 44.9 Å². The summed E-state index contributed by atoms with van der Waals surface area (Å²) in [5, 5.41) is 4.76. The normalized spacial score (nSPS) is 16.5. The molecule has 1 aliphatic rings. The molecule has 1 heterocycles. The van der Waals surface area contributed by atoms with E-state index >= 15 is 0 Å². The van der Waals surface area contributed by atoms with Gasteiger partial charge >= 0.3 is 5.97 Å². The minimum atomic E-state index is -0.386. The third-order valence-corrected chi connectivity index (χ3v) is 5.41. The molecule has 3 rings (SSSR count). The highest BCUT2D eigenvalue weighted by atomic mass is 32.1. The number of benzene rings is 1. The molecule has 2 aromatic rings. The molecule has 1 N–H and O–H groups in total. The van der Waals surface area contributed by atoms with E-state index in [0.29, 0.717) is 17.4 Å². The van der Waals surface area contributed by atoms with Crippen LogP contribution in [-0.2, 0) is 17.7 Å². The highest BCUT2D eigenvalue weighted by Gasteiger charge is 2.23. The Morgan fingerprint density at radius 2 is 2.25 bits per heavy atom. The van der Waals surface area contributed by atoms with Gasteiger partial charge < -0.3 is 14.8 Å². The van der Waals surface area contributed by atoms with Crippen molar-refractivity contribution in [1.82, 2.24) is 10.3 Å². The lowest BCUT2D eigenvalue weighted by Crippen LogP contribution is -2.23. The average molecular weight is 346 g/mol. The fourth-order valence-corrected chi connectivity index (χ4v) is 4.19. The average Bonchev–Trinajstić information content (AvgIpc) is 2.99. The van der Waals surface area contributed by atoms with Crippen LogP contribution in [0.1, 0.15) is 50.4 Å². The Morgan fingerprint density at radius 1 is 1.42 bits per heavy atom. The maximum Gasteiger partial charge on any atom is 0.341 e. The second kappa shape index (κ2) is 7.32. The van der Waals surface area contributed by atoms with Crippen LogP contribution in [0.5, 0.6) is 5.75 Å². The number of esters is 1. The zero-order chi connectivity index (χ0) is 17.1. The highest BCUT2D eigenvalue weighted by molar-refractivity contribution is 7.11. The number of nitrogens with zero attached hydrogens (tertiary/aromatic N) is 1. The first kappa shape index (κ1) is 16.9. The van der Waals surface area contributed by atoms with E-state index < -0.39 is 0 Å². The van der Waals surface area contributed by atoms with Gasteiger partial charge in [-0.25, -0.2) is 9.78 Å². The van der Waals surface area contributed by atoms with Gasteiger partial charge in [0, 0.05) is 17.5 Å². The number of aryl methyl sites for hydroxylation is 2. The smallest absolute Gasteiger partial charge is 0.341 e. The number of carbonyl (C=O) groups is 1. The van der Waals surface area contributed by atoms with Crippen molar-refractivity contribution in [3.63, 3.8) is 0 Å². The lowest BCUT2D eigenvalue weighted by Gasteiger charge is -2.22. The van der Waals surface area contributed by atoms with E-state index in [2.05, 4.69) is 17.2 Å². The van der Waals surface area contributed by atoms with Crippen LogP contribution in [0, 0.1) is 6.92 Å². The molecule has 6 heteroatoms. The number of rotatable bonds is 5. The Kier molecular flexibility index (Phi) is 5.16. The third kappa shape index (κ3) is 3.44. The lowest BCUT2D eigenvalue weighted by atomic mass is 9.98. The van der Waals surface area contributed by atoms with Gasteiger partial charge in [-0.3, -0.25) is 0 Å². The molecule has 5 nitrogen and oxygen atoms in total. The number of thiazole rings is 1. The molecule has 1 aliphatic carbocycles. The molecular weight excluding hydrogens is 324 g/mol. The van der Waals surface area contributed by atoms with Gasteiger partial charge in [0.05, 0.1) is 24.9 Å². The number of hydrogen-bond acceptors (Lipinski definition) is 6. The lowest BCUT2D eigenvalue weighted by molar-refractivity contribution is 0.0597. The van der Waals surface area contributed by atoms with Crippen molar-refractivity contribution in [1.29, 1.82) is 0 Å². The van der Waals surface area contributed by atoms with Crippen molar-refractivity contribution in [2.45, 2.75) is 38.8 Å². The fourth-order valence-electron chi connectivity index (χ4n) is 3.10. The van der Waals surface area contributed by atoms with Crippen LogP contribution in [0.4, 0.5) is 0 Å². The quantitative estimate of drug-likeness (QED) is 0.841. The van der Waals surface area contributed by atoms with E-state index in [4.69, 9.17) is 9.47 Å². The van der Waals surface area contributed by atoms with Gasteiger partial charge in [-0.15, -0.1) is 11.3 Å². The molecular formula is C18H22N2O3S. The van der Waals surface area contributed by atoms with Gasteiger partial charge in [-0.1, -0.05) is 6.07 Å². The number of fused-ring (bicyclic) bond motifs is 1. The summed E-state index contributed by atoms with van der Waals surface area (Å²) in [5.41, 5.74) is 2.77. The molecule has 24 heavy (non-hydrogen) atoms. The van der Waals surface area contributed by atoms with Crippen molar-refractivity contribution < 1.29 is 14.3 Å². The summed E-state index contributed by atoms with van der Waals surface area (Å²) in [7, 11) is 2.93. The SMILES string of the molecule is COC(=O)c1ccc(CN[C@H]2CCCc3nc(C)sc32)cc1OC. The Labute approximate surface area is 146 Å². The van der Waals surface area contributed by atoms with Crippen LogP contribution in [0.15, 0.2) is 18.2 Å². The fraction of sp³-hybridized carbons (Fsp3) is 0.444. The van der Waals surface area contributed by atoms with Gasteiger partial charge in [0.15, 0.2) is 0 Å². The maximum absolute atomic E-state index is 11.7. The van der Waals surface area contributed by atoms with Crippen molar-refractivity contribution in [2.75, 3.05) is 14.2 Å². The molecule has 0 saturated carbocycles. The number of nitrogens with one attached hydrogen (secondary N) is 1. The molecule has 128 valence electrons. The predicted octanol–water partition coefficient (Wildman–Crippen LogP) is 3.41. The molecule has 0 fully saturated rings. The van der Waals surface area contributed by atoms with E-state index in [9.17, 15) is 4.79 Å².